The van der Waals surface area contributed by atoms with E-state index >= 15 is 0 Å². The van der Waals surface area contributed by atoms with Crippen molar-refractivity contribution >= 4 is 0 Å². The summed E-state index contributed by atoms with van der Waals surface area (Å²) >= 11 is 0. The molecule has 0 radical (unpaired) electrons. The second-order valence-corrected chi connectivity index (χ2v) is 5.13. The smallest absolute Gasteiger partial charge is 0.254 e. The van der Waals surface area contributed by atoms with Crippen molar-refractivity contribution in [2.45, 2.75) is 38.5 Å². The minimum absolute atomic E-state index is 0.0177. The predicted molar refractivity (Wildman–Crippen MR) is 76.3 cm³/mol. The molecular weight excluding hydrogens is 236 g/mol. The summed E-state index contributed by atoms with van der Waals surface area (Å²) in [5.41, 5.74) is 4.11. The predicted octanol–water partition coefficient (Wildman–Crippen LogP) is 3.27. The number of hydrogen-bond acceptors (Lipinski definition) is 2. The topological polar surface area (TPSA) is 45.8 Å². The highest BCUT2D eigenvalue weighted by Gasteiger charge is 2.23. The van der Waals surface area contributed by atoms with Crippen LogP contribution in [-0.2, 0) is 6.42 Å². The van der Waals surface area contributed by atoms with Gasteiger partial charge < -0.3 is 4.98 Å². The molecule has 1 aromatic carbocycles. The van der Waals surface area contributed by atoms with Crippen LogP contribution in [-0.4, -0.2) is 9.97 Å². The van der Waals surface area contributed by atoms with Crippen molar-refractivity contribution in [3.05, 3.63) is 52.1 Å². The number of benzene rings is 1. The zero-order valence-corrected chi connectivity index (χ0v) is 11.1. The van der Waals surface area contributed by atoms with Gasteiger partial charge >= 0.3 is 0 Å². The summed E-state index contributed by atoms with van der Waals surface area (Å²) in [6.07, 6.45) is 6.03. The molecule has 1 fully saturated rings. The lowest BCUT2D eigenvalue weighted by Crippen LogP contribution is -2.16. The molecule has 98 valence electrons. The number of rotatable bonds is 3. The van der Waals surface area contributed by atoms with Crippen molar-refractivity contribution in [3.63, 3.8) is 0 Å². The third-order valence-corrected chi connectivity index (χ3v) is 4.06. The Morgan fingerprint density at radius 1 is 1.32 bits per heavy atom. The molecule has 1 aliphatic carbocycles. The number of nitrogens with zero attached hydrogens (tertiary/aromatic N) is 1. The van der Waals surface area contributed by atoms with Gasteiger partial charge in [-0.1, -0.05) is 37.6 Å². The second kappa shape index (κ2) is 5.00. The normalized spacial score (nSPS) is 15.2. The zero-order chi connectivity index (χ0) is 13.2. The molecule has 3 heteroatoms. The third-order valence-electron chi connectivity index (χ3n) is 4.06. The Hall–Kier alpha value is -1.90. The summed E-state index contributed by atoms with van der Waals surface area (Å²) in [6, 6.07) is 8.38. The van der Waals surface area contributed by atoms with Crippen molar-refractivity contribution in [1.82, 2.24) is 9.97 Å². The number of H-pyrrole nitrogens is 1. The lowest BCUT2D eigenvalue weighted by atomic mass is 9.77. The fourth-order valence-electron chi connectivity index (χ4n) is 2.78. The van der Waals surface area contributed by atoms with Crippen molar-refractivity contribution in [3.8, 4) is 11.3 Å². The Balaban J connectivity index is 2.17. The van der Waals surface area contributed by atoms with Gasteiger partial charge in [-0.25, -0.2) is 4.98 Å². The molecule has 0 spiro atoms. The van der Waals surface area contributed by atoms with Crippen LogP contribution in [0.4, 0.5) is 0 Å². The van der Waals surface area contributed by atoms with Gasteiger partial charge in [-0.05, 0) is 30.7 Å². The maximum atomic E-state index is 11.9. The highest BCUT2D eigenvalue weighted by atomic mass is 16.1. The highest BCUT2D eigenvalue weighted by Crippen LogP contribution is 2.40. The molecule has 0 amide bonds. The largest absolute Gasteiger partial charge is 0.313 e. The van der Waals surface area contributed by atoms with Gasteiger partial charge in [-0.3, -0.25) is 4.79 Å². The van der Waals surface area contributed by atoms with Crippen LogP contribution in [0.5, 0.6) is 0 Å². The first-order valence-corrected chi connectivity index (χ1v) is 6.97. The molecule has 1 saturated carbocycles. The van der Waals surface area contributed by atoms with E-state index in [0.717, 1.165) is 16.8 Å². The van der Waals surface area contributed by atoms with E-state index in [4.69, 9.17) is 0 Å². The highest BCUT2D eigenvalue weighted by molar-refractivity contribution is 5.67. The fraction of sp³-hybridized carbons (Fsp3) is 0.375. The van der Waals surface area contributed by atoms with E-state index in [1.54, 1.807) is 0 Å². The van der Waals surface area contributed by atoms with Gasteiger partial charge in [0.1, 0.15) is 0 Å². The minimum Gasteiger partial charge on any atom is -0.313 e. The number of aromatic amines is 1. The van der Waals surface area contributed by atoms with Crippen LogP contribution in [0.25, 0.3) is 11.3 Å². The molecule has 1 aromatic heterocycles. The van der Waals surface area contributed by atoms with Gasteiger partial charge in [0.2, 0.25) is 0 Å². The van der Waals surface area contributed by atoms with Gasteiger partial charge in [-0.15, -0.1) is 0 Å². The van der Waals surface area contributed by atoms with Gasteiger partial charge in [0.05, 0.1) is 12.0 Å². The molecule has 0 bridgehead atoms. The molecule has 3 nitrogen and oxygen atoms in total. The Kier molecular flexibility index (Phi) is 3.20. The molecule has 2 aromatic rings. The molecule has 0 aliphatic heterocycles. The molecular formula is C16H18N2O. The maximum absolute atomic E-state index is 11.9. The van der Waals surface area contributed by atoms with E-state index in [2.05, 4.69) is 28.2 Å². The second-order valence-electron chi connectivity index (χ2n) is 5.13. The van der Waals surface area contributed by atoms with E-state index < -0.39 is 0 Å². The lowest BCUT2D eigenvalue weighted by Gasteiger charge is -2.28. The van der Waals surface area contributed by atoms with Crippen LogP contribution >= 0.6 is 0 Å². The molecule has 0 atom stereocenters. The first-order chi connectivity index (χ1) is 9.31. The van der Waals surface area contributed by atoms with Crippen LogP contribution in [0, 0.1) is 0 Å². The SMILES string of the molecule is CCc1c(-c2ccccc2C2CCC2)nc[nH]c1=O. The van der Waals surface area contributed by atoms with E-state index in [-0.39, 0.29) is 5.56 Å². The van der Waals surface area contributed by atoms with Crippen molar-refractivity contribution in [1.29, 1.82) is 0 Å². The van der Waals surface area contributed by atoms with Crippen LogP contribution in [0.1, 0.15) is 43.2 Å². The monoisotopic (exact) mass is 254 g/mol. The van der Waals surface area contributed by atoms with E-state index in [0.29, 0.717) is 12.3 Å². The Morgan fingerprint density at radius 2 is 2.11 bits per heavy atom. The third kappa shape index (κ3) is 2.09. The van der Waals surface area contributed by atoms with Gasteiger partial charge in [0.25, 0.3) is 5.56 Å². The number of nitrogens with one attached hydrogen (secondary N) is 1. The van der Waals surface area contributed by atoms with Crippen molar-refractivity contribution in [2.75, 3.05) is 0 Å². The van der Waals surface area contributed by atoms with E-state index in [1.807, 2.05) is 13.0 Å². The number of hydrogen-bond donors (Lipinski definition) is 1. The number of aromatic nitrogens is 2. The molecule has 1 aliphatic rings. The Morgan fingerprint density at radius 3 is 2.79 bits per heavy atom. The molecule has 19 heavy (non-hydrogen) atoms. The lowest BCUT2D eigenvalue weighted by molar-refractivity contribution is 0.420. The summed E-state index contributed by atoms with van der Waals surface area (Å²) in [6.45, 7) is 2.00. The Bertz CT molecular complexity index is 641. The van der Waals surface area contributed by atoms with E-state index in [9.17, 15) is 4.79 Å². The van der Waals surface area contributed by atoms with Crippen LogP contribution in [0.15, 0.2) is 35.4 Å². The maximum Gasteiger partial charge on any atom is 0.254 e. The van der Waals surface area contributed by atoms with Crippen LogP contribution in [0.3, 0.4) is 0 Å². The standard InChI is InChI=1S/C16H18N2O/c1-2-12-15(17-10-18-16(12)19)14-9-4-3-8-13(14)11-6-5-7-11/h3-4,8-11H,2,5-7H2,1H3,(H,17,18,19). The molecule has 1 N–H and O–H groups in total. The zero-order valence-electron chi connectivity index (χ0n) is 11.1. The summed E-state index contributed by atoms with van der Waals surface area (Å²) in [4.78, 5) is 19.0. The minimum atomic E-state index is -0.0177. The molecule has 1 heterocycles. The quantitative estimate of drug-likeness (QED) is 0.913. The summed E-state index contributed by atoms with van der Waals surface area (Å²) < 4.78 is 0. The molecule has 0 unspecified atom stereocenters. The molecule has 3 rings (SSSR count). The first-order valence-electron chi connectivity index (χ1n) is 6.97. The summed E-state index contributed by atoms with van der Waals surface area (Å²) in [5, 5.41) is 0. The fourth-order valence-corrected chi connectivity index (χ4v) is 2.78. The molecule has 0 saturated heterocycles. The van der Waals surface area contributed by atoms with E-state index in [1.165, 1.54) is 31.2 Å². The van der Waals surface area contributed by atoms with Gasteiger partial charge in [0.15, 0.2) is 0 Å². The van der Waals surface area contributed by atoms with Gasteiger partial charge in [-0.2, -0.15) is 0 Å². The first kappa shape index (κ1) is 12.2. The van der Waals surface area contributed by atoms with Gasteiger partial charge in [0, 0.05) is 11.1 Å². The Labute approximate surface area is 112 Å². The summed E-state index contributed by atoms with van der Waals surface area (Å²) in [7, 11) is 0. The summed E-state index contributed by atoms with van der Waals surface area (Å²) in [5.74, 6) is 0.641. The van der Waals surface area contributed by atoms with Crippen LogP contribution < -0.4 is 5.56 Å². The van der Waals surface area contributed by atoms with Crippen LogP contribution in [0.2, 0.25) is 0 Å². The van der Waals surface area contributed by atoms with Crippen molar-refractivity contribution < 1.29 is 0 Å². The average Bonchev–Trinajstić information content (AvgIpc) is 2.37. The average molecular weight is 254 g/mol. The van der Waals surface area contributed by atoms with Crippen molar-refractivity contribution in [2.24, 2.45) is 0 Å².